The fourth-order valence-electron chi connectivity index (χ4n) is 0.903. The van der Waals surface area contributed by atoms with E-state index in [-0.39, 0.29) is 17.9 Å². The molecule has 0 aliphatic carbocycles. The maximum Gasteiger partial charge on any atom is 0.354 e. The Bertz CT molecular complexity index is 435. The molecule has 0 saturated heterocycles. The van der Waals surface area contributed by atoms with Crippen molar-refractivity contribution in [1.82, 2.24) is 4.98 Å². The lowest BCUT2D eigenvalue weighted by Crippen LogP contribution is -2.12. The minimum atomic E-state index is -1.15. The average molecular weight is 204 g/mol. The van der Waals surface area contributed by atoms with Crippen LogP contribution in [0.4, 0.5) is 5.82 Å². The van der Waals surface area contributed by atoms with E-state index in [9.17, 15) is 9.59 Å². The quantitative estimate of drug-likeness (QED) is 0.712. The van der Waals surface area contributed by atoms with Crippen LogP contribution in [-0.4, -0.2) is 22.0 Å². The summed E-state index contributed by atoms with van der Waals surface area (Å²) in [6.45, 7) is 0. The molecule has 0 unspecified atom stereocenters. The molecule has 0 fully saturated rings. The van der Waals surface area contributed by atoms with Gasteiger partial charge in [-0.2, -0.15) is 0 Å². The zero-order valence-corrected chi connectivity index (χ0v) is 7.73. The van der Waals surface area contributed by atoms with Gasteiger partial charge in [0.2, 0.25) is 5.91 Å². The second-order valence-electron chi connectivity index (χ2n) is 2.64. The number of anilines is 1. The van der Waals surface area contributed by atoms with E-state index in [4.69, 9.17) is 11.5 Å². The maximum absolute atomic E-state index is 11.1. The Balaban J connectivity index is 2.79. The number of terminal acetylenes is 1. The van der Waals surface area contributed by atoms with Crippen LogP contribution in [0.15, 0.2) is 18.2 Å². The predicted octanol–water partition coefficient (Wildman–Crippen LogP) is 0.742. The summed E-state index contributed by atoms with van der Waals surface area (Å²) < 4.78 is 0. The summed E-state index contributed by atoms with van der Waals surface area (Å²) in [5, 5.41) is 11.0. The molecular formula is C10H8N2O3. The van der Waals surface area contributed by atoms with Crippen LogP contribution in [0.1, 0.15) is 16.9 Å². The molecule has 0 aliphatic heterocycles. The number of pyridine rings is 1. The molecule has 0 aromatic carbocycles. The highest BCUT2D eigenvalue weighted by molar-refractivity contribution is 5.92. The first-order valence-electron chi connectivity index (χ1n) is 4.07. The monoisotopic (exact) mass is 204 g/mol. The van der Waals surface area contributed by atoms with Gasteiger partial charge >= 0.3 is 5.97 Å². The molecule has 1 rings (SSSR count). The smallest absolute Gasteiger partial charge is 0.354 e. The van der Waals surface area contributed by atoms with Crippen LogP contribution in [0, 0.1) is 12.3 Å². The summed E-state index contributed by atoms with van der Waals surface area (Å²) in [5.41, 5.74) is -0.131. The lowest BCUT2D eigenvalue weighted by atomic mass is 10.3. The van der Waals surface area contributed by atoms with Crippen molar-refractivity contribution in [2.24, 2.45) is 0 Å². The third kappa shape index (κ3) is 3.12. The Hall–Kier alpha value is -2.35. The zero-order valence-electron chi connectivity index (χ0n) is 7.73. The van der Waals surface area contributed by atoms with Crippen LogP contribution < -0.4 is 5.32 Å². The zero-order chi connectivity index (χ0) is 11.3. The second kappa shape index (κ2) is 4.77. The first kappa shape index (κ1) is 10.7. The predicted molar refractivity (Wildman–Crippen MR) is 53.3 cm³/mol. The van der Waals surface area contributed by atoms with Gasteiger partial charge < -0.3 is 10.4 Å². The second-order valence-corrected chi connectivity index (χ2v) is 2.64. The number of carboxylic acids is 1. The average Bonchev–Trinajstić information content (AvgIpc) is 2.18. The lowest BCUT2D eigenvalue weighted by molar-refractivity contribution is -0.115. The van der Waals surface area contributed by atoms with E-state index >= 15 is 0 Å². The van der Waals surface area contributed by atoms with Crippen molar-refractivity contribution in [1.29, 1.82) is 0 Å². The highest BCUT2D eigenvalue weighted by atomic mass is 16.4. The fraction of sp³-hybridized carbons (Fsp3) is 0.100. The largest absolute Gasteiger partial charge is 0.477 e. The third-order valence-electron chi connectivity index (χ3n) is 1.50. The van der Waals surface area contributed by atoms with Gasteiger partial charge in [-0.15, -0.1) is 6.42 Å². The molecular weight excluding hydrogens is 196 g/mol. The van der Waals surface area contributed by atoms with Gasteiger partial charge in [0.25, 0.3) is 0 Å². The minimum absolute atomic E-state index is 0.0705. The fourth-order valence-corrected chi connectivity index (χ4v) is 0.903. The van der Waals surface area contributed by atoms with Crippen LogP contribution in [0.3, 0.4) is 0 Å². The number of carbonyl (C=O) groups excluding carboxylic acids is 1. The third-order valence-corrected chi connectivity index (χ3v) is 1.50. The van der Waals surface area contributed by atoms with Gasteiger partial charge in [0, 0.05) is 0 Å². The SMILES string of the molecule is C#CCC(=O)Nc1cccc(C(=O)O)n1. The van der Waals surface area contributed by atoms with Crippen LogP contribution in [0.2, 0.25) is 0 Å². The van der Waals surface area contributed by atoms with E-state index in [1.807, 2.05) is 0 Å². The normalized spacial score (nSPS) is 9.00. The summed E-state index contributed by atoms with van der Waals surface area (Å²) in [7, 11) is 0. The standard InChI is InChI=1S/C10H8N2O3/c1-2-4-9(13)12-8-6-3-5-7(11-8)10(14)15/h1,3,5-6H,4H2,(H,14,15)(H,11,12,13). The minimum Gasteiger partial charge on any atom is -0.477 e. The number of nitrogens with zero attached hydrogens (tertiary/aromatic N) is 1. The van der Waals surface area contributed by atoms with Crippen molar-refractivity contribution in [2.45, 2.75) is 6.42 Å². The van der Waals surface area contributed by atoms with Gasteiger partial charge in [0.15, 0.2) is 5.69 Å². The molecule has 1 amide bonds. The summed E-state index contributed by atoms with van der Waals surface area (Å²) in [6.07, 6.45) is 4.87. The van der Waals surface area contributed by atoms with Gasteiger partial charge in [0.1, 0.15) is 5.82 Å². The van der Waals surface area contributed by atoms with Crippen LogP contribution in [0.5, 0.6) is 0 Å². The van der Waals surface area contributed by atoms with Gasteiger partial charge in [-0.05, 0) is 12.1 Å². The van der Waals surface area contributed by atoms with E-state index in [1.54, 1.807) is 0 Å². The molecule has 5 nitrogen and oxygen atoms in total. The highest BCUT2D eigenvalue weighted by Crippen LogP contribution is 2.05. The van der Waals surface area contributed by atoms with Crippen LogP contribution in [-0.2, 0) is 4.79 Å². The van der Waals surface area contributed by atoms with Crippen molar-refractivity contribution >= 4 is 17.7 Å². The van der Waals surface area contributed by atoms with Crippen LogP contribution in [0.25, 0.3) is 0 Å². The van der Waals surface area contributed by atoms with E-state index < -0.39 is 11.9 Å². The highest BCUT2D eigenvalue weighted by Gasteiger charge is 2.06. The molecule has 5 heteroatoms. The van der Waals surface area contributed by atoms with Gasteiger partial charge in [-0.3, -0.25) is 4.79 Å². The molecule has 0 saturated carbocycles. The Morgan fingerprint density at radius 1 is 1.53 bits per heavy atom. The number of aromatic nitrogens is 1. The molecule has 0 spiro atoms. The molecule has 15 heavy (non-hydrogen) atoms. The van der Waals surface area contributed by atoms with Crippen molar-refractivity contribution in [3.63, 3.8) is 0 Å². The Morgan fingerprint density at radius 2 is 2.27 bits per heavy atom. The number of carbonyl (C=O) groups is 2. The van der Waals surface area contributed by atoms with Gasteiger partial charge in [-0.1, -0.05) is 12.0 Å². The van der Waals surface area contributed by atoms with E-state index in [2.05, 4.69) is 16.2 Å². The Labute approximate surface area is 86.1 Å². The van der Waals surface area contributed by atoms with E-state index in [0.717, 1.165) is 0 Å². The number of amides is 1. The van der Waals surface area contributed by atoms with Crippen molar-refractivity contribution in [2.75, 3.05) is 5.32 Å². The van der Waals surface area contributed by atoms with Crippen molar-refractivity contribution < 1.29 is 14.7 Å². The lowest BCUT2D eigenvalue weighted by Gasteiger charge is -2.02. The number of carboxylic acid groups (broad SMARTS) is 1. The van der Waals surface area contributed by atoms with Crippen LogP contribution >= 0.6 is 0 Å². The molecule has 2 N–H and O–H groups in total. The first-order chi connectivity index (χ1) is 7.13. The summed E-state index contributed by atoms with van der Waals surface area (Å²) in [5.74, 6) is 0.799. The molecule has 0 aliphatic rings. The first-order valence-corrected chi connectivity index (χ1v) is 4.07. The van der Waals surface area contributed by atoms with Crippen molar-refractivity contribution in [3.8, 4) is 12.3 Å². The topological polar surface area (TPSA) is 79.3 Å². The maximum atomic E-state index is 11.1. The molecule has 0 atom stereocenters. The van der Waals surface area contributed by atoms with E-state index in [1.165, 1.54) is 18.2 Å². The summed E-state index contributed by atoms with van der Waals surface area (Å²) in [6, 6.07) is 4.31. The number of aromatic carboxylic acids is 1. The Kier molecular flexibility index (Phi) is 3.41. The van der Waals surface area contributed by atoms with Crippen molar-refractivity contribution in [3.05, 3.63) is 23.9 Å². The number of nitrogens with one attached hydrogen (secondary N) is 1. The molecule has 76 valence electrons. The molecule has 0 radical (unpaired) electrons. The summed E-state index contributed by atoms with van der Waals surface area (Å²) in [4.78, 5) is 25.3. The number of rotatable bonds is 3. The molecule has 0 bridgehead atoms. The molecule has 1 heterocycles. The molecule has 1 aromatic rings. The Morgan fingerprint density at radius 3 is 2.87 bits per heavy atom. The van der Waals surface area contributed by atoms with E-state index in [0.29, 0.717) is 0 Å². The number of hydrogen-bond acceptors (Lipinski definition) is 3. The summed E-state index contributed by atoms with van der Waals surface area (Å²) >= 11 is 0. The molecule has 1 aromatic heterocycles. The van der Waals surface area contributed by atoms with Gasteiger partial charge in [0.05, 0.1) is 6.42 Å². The number of hydrogen-bond donors (Lipinski definition) is 2. The van der Waals surface area contributed by atoms with Gasteiger partial charge in [-0.25, -0.2) is 9.78 Å².